The van der Waals surface area contributed by atoms with Gasteiger partial charge in [-0.2, -0.15) is 0 Å². The molecule has 0 amide bonds. The van der Waals surface area contributed by atoms with E-state index in [0.717, 1.165) is 11.4 Å². The van der Waals surface area contributed by atoms with Crippen LogP contribution in [0.15, 0.2) is 48.8 Å². The Kier molecular flexibility index (Phi) is 8.02. The van der Waals surface area contributed by atoms with Crippen molar-refractivity contribution in [3.63, 3.8) is 0 Å². The quantitative estimate of drug-likeness (QED) is 0.296. The van der Waals surface area contributed by atoms with Crippen molar-refractivity contribution < 1.29 is 22.6 Å². The molecule has 200 valence electrons. The molecular formula is C26H30N6O5S. The predicted octanol–water partition coefficient (Wildman–Crippen LogP) is 3.44. The lowest BCUT2D eigenvalue weighted by molar-refractivity contribution is 0.0983. The summed E-state index contributed by atoms with van der Waals surface area (Å²) in [6.07, 6.45) is 2.27. The Morgan fingerprint density at radius 3 is 2.16 bits per heavy atom. The average molecular weight is 539 g/mol. The number of pyridine rings is 1. The first kappa shape index (κ1) is 27.1. The number of benzene rings is 1. The summed E-state index contributed by atoms with van der Waals surface area (Å²) in [6, 6.07) is 10.8. The van der Waals surface area contributed by atoms with Crippen LogP contribution >= 0.6 is 0 Å². The Balaban J connectivity index is 1.84. The normalized spacial score (nSPS) is 13.2. The van der Waals surface area contributed by atoms with E-state index >= 15 is 0 Å². The van der Waals surface area contributed by atoms with Gasteiger partial charge in [-0.1, -0.05) is 12.1 Å². The topological polar surface area (TPSA) is 131 Å². The fourth-order valence-electron chi connectivity index (χ4n) is 4.13. The van der Waals surface area contributed by atoms with Crippen LogP contribution in [-0.2, 0) is 20.3 Å². The molecule has 0 unspecified atom stereocenters. The van der Waals surface area contributed by atoms with E-state index in [-0.39, 0.29) is 5.82 Å². The molecule has 3 aromatic heterocycles. The first-order chi connectivity index (χ1) is 18.2. The number of hydrogen-bond donors (Lipinski definition) is 0. The summed E-state index contributed by atoms with van der Waals surface area (Å²) >= 11 is 0. The molecule has 3 heterocycles. The molecule has 0 spiro atoms. The maximum atomic E-state index is 13.7. The van der Waals surface area contributed by atoms with Gasteiger partial charge in [-0.25, -0.2) is 13.4 Å². The largest absolute Gasteiger partial charge is 0.494 e. The molecule has 0 bridgehead atoms. The summed E-state index contributed by atoms with van der Waals surface area (Å²) in [7, 11) is 0.649. The molecule has 4 rings (SSSR count). The van der Waals surface area contributed by atoms with Crippen molar-refractivity contribution in [2.24, 2.45) is 0 Å². The summed E-state index contributed by atoms with van der Waals surface area (Å²) in [5.74, 6) is 0.988. The van der Waals surface area contributed by atoms with Gasteiger partial charge in [-0.05, 0) is 45.0 Å². The van der Waals surface area contributed by atoms with Crippen LogP contribution in [0.2, 0.25) is 0 Å². The van der Waals surface area contributed by atoms with Crippen LogP contribution in [-0.4, -0.2) is 64.7 Å². The van der Waals surface area contributed by atoms with Gasteiger partial charge in [0.2, 0.25) is 0 Å². The summed E-state index contributed by atoms with van der Waals surface area (Å²) < 4.78 is 45.9. The Hall–Kier alpha value is -3.90. The van der Waals surface area contributed by atoms with E-state index in [4.69, 9.17) is 14.2 Å². The zero-order valence-electron chi connectivity index (χ0n) is 22.1. The molecule has 1 aromatic carbocycles. The molecule has 0 saturated carbocycles. The number of aromatic nitrogens is 6. The number of para-hydroxylation sites is 1. The SMILES string of the molecule is COc1cccc(OC)c1-n1c(CS(=O)(=O)[C@H](C)[C@@H](OC)c2cnc(C)cn2)nnc1-c1cccc(C)n1. The van der Waals surface area contributed by atoms with Gasteiger partial charge in [0.1, 0.15) is 34.7 Å². The predicted molar refractivity (Wildman–Crippen MR) is 141 cm³/mol. The maximum Gasteiger partial charge on any atom is 0.187 e. The van der Waals surface area contributed by atoms with Crippen molar-refractivity contribution in [1.82, 2.24) is 29.7 Å². The van der Waals surface area contributed by atoms with E-state index < -0.39 is 26.9 Å². The Labute approximate surface area is 221 Å². The third kappa shape index (κ3) is 5.36. The second-order valence-electron chi connectivity index (χ2n) is 8.70. The van der Waals surface area contributed by atoms with Crippen molar-refractivity contribution in [3.05, 3.63) is 71.7 Å². The van der Waals surface area contributed by atoms with E-state index in [1.54, 1.807) is 48.9 Å². The van der Waals surface area contributed by atoms with Gasteiger partial charge in [0.15, 0.2) is 21.5 Å². The number of rotatable bonds is 10. The minimum atomic E-state index is -3.85. The average Bonchev–Trinajstić information content (AvgIpc) is 3.31. The van der Waals surface area contributed by atoms with E-state index in [2.05, 4.69) is 25.1 Å². The van der Waals surface area contributed by atoms with Gasteiger partial charge in [-0.15, -0.1) is 10.2 Å². The summed E-state index contributed by atoms with van der Waals surface area (Å²) in [5, 5.41) is 7.69. The molecule has 0 saturated heterocycles. The fraction of sp³-hybridized carbons (Fsp3) is 0.346. The zero-order valence-corrected chi connectivity index (χ0v) is 22.9. The summed E-state index contributed by atoms with van der Waals surface area (Å²) in [4.78, 5) is 13.1. The van der Waals surface area contributed by atoms with Crippen LogP contribution < -0.4 is 9.47 Å². The minimum absolute atomic E-state index is 0.169. The van der Waals surface area contributed by atoms with Gasteiger partial charge in [0.25, 0.3) is 0 Å². The van der Waals surface area contributed by atoms with Crippen LogP contribution in [0.25, 0.3) is 17.2 Å². The number of nitrogens with zero attached hydrogens (tertiary/aromatic N) is 6. The number of sulfone groups is 1. The Morgan fingerprint density at radius 1 is 0.895 bits per heavy atom. The van der Waals surface area contributed by atoms with Crippen molar-refractivity contribution in [3.8, 4) is 28.7 Å². The molecular weight excluding hydrogens is 508 g/mol. The van der Waals surface area contributed by atoms with Crippen molar-refractivity contribution in [1.29, 1.82) is 0 Å². The van der Waals surface area contributed by atoms with Gasteiger partial charge >= 0.3 is 0 Å². The van der Waals surface area contributed by atoms with E-state index in [9.17, 15) is 8.42 Å². The molecule has 0 aliphatic carbocycles. The highest BCUT2D eigenvalue weighted by atomic mass is 32.2. The first-order valence-electron chi connectivity index (χ1n) is 11.8. The number of aryl methyl sites for hydroxylation is 2. The van der Waals surface area contributed by atoms with E-state index in [1.807, 2.05) is 19.1 Å². The smallest absolute Gasteiger partial charge is 0.187 e. The molecule has 4 aromatic rings. The third-order valence-corrected chi connectivity index (χ3v) is 8.18. The van der Waals surface area contributed by atoms with Crippen molar-refractivity contribution >= 4 is 9.84 Å². The molecule has 0 aliphatic heterocycles. The molecule has 12 heteroatoms. The molecule has 2 atom stereocenters. The van der Waals surface area contributed by atoms with Gasteiger partial charge in [0.05, 0.1) is 37.1 Å². The Morgan fingerprint density at radius 2 is 1.58 bits per heavy atom. The highest BCUT2D eigenvalue weighted by Gasteiger charge is 2.35. The first-order valence-corrected chi connectivity index (χ1v) is 13.5. The van der Waals surface area contributed by atoms with Crippen molar-refractivity contribution in [2.45, 2.75) is 37.9 Å². The highest BCUT2D eigenvalue weighted by Crippen LogP contribution is 2.37. The molecule has 0 N–H and O–H groups in total. The van der Waals surface area contributed by atoms with Crippen LogP contribution in [0, 0.1) is 13.8 Å². The standard InChI is InChI=1S/C26H30N6O5S/c1-16-9-7-10-19(29-16)26-31-30-23(32(26)24-21(35-4)11-8-12-22(24)36-5)15-38(33,34)18(3)25(37-6)20-14-27-17(2)13-28-20/h7-14,18,25H,15H2,1-6H3/t18-,25-/m1/s1. The van der Waals surface area contributed by atoms with Crippen LogP contribution in [0.5, 0.6) is 11.5 Å². The van der Waals surface area contributed by atoms with Crippen LogP contribution in [0.4, 0.5) is 0 Å². The second kappa shape index (κ2) is 11.2. The summed E-state index contributed by atoms with van der Waals surface area (Å²) in [6.45, 7) is 5.25. The van der Waals surface area contributed by atoms with Crippen molar-refractivity contribution in [2.75, 3.05) is 21.3 Å². The van der Waals surface area contributed by atoms with Crippen LogP contribution in [0.1, 0.15) is 35.9 Å². The fourth-order valence-corrected chi connectivity index (χ4v) is 5.57. The lowest BCUT2D eigenvalue weighted by Crippen LogP contribution is -2.29. The monoisotopic (exact) mass is 538 g/mol. The molecule has 11 nitrogen and oxygen atoms in total. The second-order valence-corrected chi connectivity index (χ2v) is 11.1. The van der Waals surface area contributed by atoms with E-state index in [0.29, 0.717) is 34.4 Å². The molecule has 0 radical (unpaired) electrons. The molecule has 0 fully saturated rings. The van der Waals surface area contributed by atoms with Gasteiger partial charge in [-0.3, -0.25) is 14.5 Å². The molecule has 0 aliphatic rings. The molecule has 38 heavy (non-hydrogen) atoms. The van der Waals surface area contributed by atoms with Gasteiger partial charge < -0.3 is 14.2 Å². The zero-order chi connectivity index (χ0) is 27.4. The van der Waals surface area contributed by atoms with Gasteiger partial charge in [0, 0.05) is 19.0 Å². The summed E-state index contributed by atoms with van der Waals surface area (Å²) in [5.41, 5.74) is 2.90. The van der Waals surface area contributed by atoms with E-state index in [1.165, 1.54) is 27.5 Å². The minimum Gasteiger partial charge on any atom is -0.494 e. The lowest BCUT2D eigenvalue weighted by atomic mass is 10.2. The highest BCUT2D eigenvalue weighted by molar-refractivity contribution is 7.91. The van der Waals surface area contributed by atoms with Crippen LogP contribution in [0.3, 0.4) is 0 Å². The number of hydrogen-bond acceptors (Lipinski definition) is 10. The maximum absolute atomic E-state index is 13.7. The lowest BCUT2D eigenvalue weighted by Gasteiger charge is -2.22. The number of methoxy groups -OCH3 is 3. The Bertz CT molecular complexity index is 1500. The third-order valence-electron chi connectivity index (χ3n) is 6.14. The number of ether oxygens (including phenoxy) is 3.